The van der Waals surface area contributed by atoms with Crippen LogP contribution in [0.15, 0.2) is 22.9 Å². The summed E-state index contributed by atoms with van der Waals surface area (Å²) in [7, 11) is 1.23. The minimum atomic E-state index is -0.934. The number of hydrogen-bond donors (Lipinski definition) is 0. The molecule has 6 heteroatoms. The van der Waals surface area contributed by atoms with Gasteiger partial charge in [0.05, 0.1) is 12.7 Å². The third kappa shape index (κ3) is 3.30. The number of aromatic nitrogens is 1. The van der Waals surface area contributed by atoms with Crippen LogP contribution in [0.5, 0.6) is 0 Å². The molecule has 1 heterocycles. The second kappa shape index (κ2) is 5.60. The summed E-state index contributed by atoms with van der Waals surface area (Å²) in [5, 5.41) is 0. The van der Waals surface area contributed by atoms with E-state index in [0.717, 1.165) is 0 Å². The van der Waals surface area contributed by atoms with Crippen molar-refractivity contribution in [3.63, 3.8) is 0 Å². The van der Waals surface area contributed by atoms with Gasteiger partial charge in [-0.1, -0.05) is 0 Å². The van der Waals surface area contributed by atoms with Crippen molar-refractivity contribution in [3.05, 3.63) is 28.5 Å². The Morgan fingerprint density at radius 2 is 2.12 bits per heavy atom. The van der Waals surface area contributed by atoms with E-state index < -0.39 is 18.0 Å². The lowest BCUT2D eigenvalue weighted by atomic mass is 10.3. The molecule has 1 atom stereocenters. The summed E-state index contributed by atoms with van der Waals surface area (Å²) in [4.78, 5) is 26.4. The molecule has 0 radical (unpaired) electrons. The Hall–Kier alpha value is -1.43. The molecular formula is C10H10BrNO4. The number of pyridine rings is 1. The maximum atomic E-state index is 11.5. The van der Waals surface area contributed by atoms with Gasteiger partial charge in [-0.05, 0) is 28.9 Å². The highest BCUT2D eigenvalue weighted by atomic mass is 79.9. The first-order chi connectivity index (χ1) is 7.54. The van der Waals surface area contributed by atoms with Gasteiger partial charge in [0.15, 0.2) is 6.10 Å². The average molecular weight is 288 g/mol. The Morgan fingerprint density at radius 3 is 2.69 bits per heavy atom. The van der Waals surface area contributed by atoms with Crippen molar-refractivity contribution in [1.29, 1.82) is 0 Å². The molecule has 0 aliphatic rings. The number of esters is 2. The molecule has 0 saturated heterocycles. The predicted octanol–water partition coefficient (Wildman–Crippen LogP) is 1.56. The molecule has 1 aromatic heterocycles. The summed E-state index contributed by atoms with van der Waals surface area (Å²) in [5.41, 5.74) is 0.269. The van der Waals surface area contributed by atoms with Crippen LogP contribution in [0.25, 0.3) is 0 Å². The van der Waals surface area contributed by atoms with Gasteiger partial charge in [0.25, 0.3) is 0 Å². The largest absolute Gasteiger partial charge is 0.466 e. The lowest BCUT2D eigenvalue weighted by Crippen LogP contribution is -2.25. The van der Waals surface area contributed by atoms with Gasteiger partial charge in [-0.15, -0.1) is 0 Å². The van der Waals surface area contributed by atoms with Crippen molar-refractivity contribution in [3.8, 4) is 0 Å². The molecule has 0 aromatic carbocycles. The molecule has 5 nitrogen and oxygen atoms in total. The van der Waals surface area contributed by atoms with Crippen LogP contribution in [-0.2, 0) is 14.3 Å². The summed E-state index contributed by atoms with van der Waals surface area (Å²) in [6.45, 7) is 1.44. The van der Waals surface area contributed by atoms with E-state index >= 15 is 0 Å². The molecule has 0 aliphatic heterocycles. The van der Waals surface area contributed by atoms with E-state index in [-0.39, 0.29) is 5.56 Å². The van der Waals surface area contributed by atoms with Crippen LogP contribution in [0.2, 0.25) is 0 Å². The van der Waals surface area contributed by atoms with Crippen molar-refractivity contribution in [2.45, 2.75) is 13.0 Å². The molecule has 0 aliphatic carbocycles. The van der Waals surface area contributed by atoms with Crippen LogP contribution < -0.4 is 0 Å². The van der Waals surface area contributed by atoms with Crippen LogP contribution in [0, 0.1) is 0 Å². The average Bonchev–Trinajstić information content (AvgIpc) is 2.27. The summed E-state index contributed by atoms with van der Waals surface area (Å²) >= 11 is 3.18. The fourth-order valence-corrected chi connectivity index (χ4v) is 1.33. The highest BCUT2D eigenvalue weighted by Crippen LogP contribution is 2.11. The smallest absolute Gasteiger partial charge is 0.346 e. The van der Waals surface area contributed by atoms with Gasteiger partial charge in [-0.3, -0.25) is 4.98 Å². The van der Waals surface area contributed by atoms with Gasteiger partial charge >= 0.3 is 11.9 Å². The number of rotatable bonds is 3. The third-order valence-corrected chi connectivity index (χ3v) is 2.19. The zero-order valence-electron chi connectivity index (χ0n) is 8.77. The number of hydrogen-bond acceptors (Lipinski definition) is 5. The quantitative estimate of drug-likeness (QED) is 0.790. The van der Waals surface area contributed by atoms with Crippen LogP contribution in [0.4, 0.5) is 0 Å². The standard InChI is InChI=1S/C10H10BrNO4/c1-6(9(13)15-2)16-10(14)7-3-8(11)5-12-4-7/h3-6H,1-2H3/t6-/m0/s1. The molecule has 1 rings (SSSR count). The van der Waals surface area contributed by atoms with Gasteiger partial charge < -0.3 is 9.47 Å². The van der Waals surface area contributed by atoms with Gasteiger partial charge in [0.2, 0.25) is 0 Å². The number of carbonyl (C=O) groups is 2. The van der Waals surface area contributed by atoms with Crippen LogP contribution in [-0.4, -0.2) is 30.1 Å². The van der Waals surface area contributed by atoms with E-state index in [1.165, 1.54) is 20.2 Å². The van der Waals surface area contributed by atoms with E-state index in [9.17, 15) is 9.59 Å². The van der Waals surface area contributed by atoms with Crippen molar-refractivity contribution < 1.29 is 19.1 Å². The van der Waals surface area contributed by atoms with Gasteiger partial charge in [0, 0.05) is 16.9 Å². The molecule has 86 valence electrons. The fraction of sp³-hybridized carbons (Fsp3) is 0.300. The molecule has 0 spiro atoms. The van der Waals surface area contributed by atoms with E-state index in [1.807, 2.05) is 0 Å². The molecule has 0 saturated carbocycles. The predicted molar refractivity (Wildman–Crippen MR) is 58.8 cm³/mol. The molecule has 0 bridgehead atoms. The highest BCUT2D eigenvalue weighted by Gasteiger charge is 2.19. The first-order valence-corrected chi connectivity index (χ1v) is 5.23. The second-order valence-electron chi connectivity index (χ2n) is 2.96. The maximum absolute atomic E-state index is 11.5. The summed E-state index contributed by atoms with van der Waals surface area (Å²) in [6, 6.07) is 1.55. The molecule has 16 heavy (non-hydrogen) atoms. The molecule has 1 aromatic rings. The Morgan fingerprint density at radius 1 is 1.44 bits per heavy atom. The van der Waals surface area contributed by atoms with Crippen molar-refractivity contribution in [2.75, 3.05) is 7.11 Å². The molecular weight excluding hydrogens is 278 g/mol. The summed E-state index contributed by atoms with van der Waals surface area (Å²) in [5.74, 6) is -1.22. The van der Waals surface area contributed by atoms with E-state index in [0.29, 0.717) is 4.47 Å². The summed E-state index contributed by atoms with van der Waals surface area (Å²) in [6.07, 6.45) is 1.97. The van der Waals surface area contributed by atoms with Gasteiger partial charge in [-0.25, -0.2) is 9.59 Å². The SMILES string of the molecule is COC(=O)[C@H](C)OC(=O)c1cncc(Br)c1. The Balaban J connectivity index is 2.69. The highest BCUT2D eigenvalue weighted by molar-refractivity contribution is 9.10. The van der Waals surface area contributed by atoms with E-state index in [2.05, 4.69) is 25.7 Å². The number of methoxy groups -OCH3 is 1. The molecule has 0 N–H and O–H groups in total. The first kappa shape index (κ1) is 12.6. The second-order valence-corrected chi connectivity index (χ2v) is 3.88. The van der Waals surface area contributed by atoms with E-state index in [4.69, 9.17) is 4.74 Å². The van der Waals surface area contributed by atoms with Crippen molar-refractivity contribution >= 4 is 27.9 Å². The van der Waals surface area contributed by atoms with Gasteiger partial charge in [0.1, 0.15) is 0 Å². The minimum Gasteiger partial charge on any atom is -0.466 e. The zero-order chi connectivity index (χ0) is 12.1. The third-order valence-electron chi connectivity index (χ3n) is 1.76. The normalized spacial score (nSPS) is 11.7. The summed E-state index contributed by atoms with van der Waals surface area (Å²) < 4.78 is 9.96. The fourth-order valence-electron chi connectivity index (χ4n) is 0.966. The molecule has 0 fully saturated rings. The van der Waals surface area contributed by atoms with Crippen molar-refractivity contribution in [1.82, 2.24) is 4.98 Å². The zero-order valence-corrected chi connectivity index (χ0v) is 10.4. The van der Waals surface area contributed by atoms with Crippen molar-refractivity contribution in [2.24, 2.45) is 0 Å². The number of ether oxygens (including phenoxy) is 2. The van der Waals surface area contributed by atoms with Crippen LogP contribution >= 0.6 is 15.9 Å². The maximum Gasteiger partial charge on any atom is 0.346 e. The number of nitrogens with zero attached hydrogens (tertiary/aromatic N) is 1. The molecule has 0 amide bonds. The topological polar surface area (TPSA) is 65.5 Å². The van der Waals surface area contributed by atoms with Gasteiger partial charge in [-0.2, -0.15) is 0 Å². The van der Waals surface area contributed by atoms with Crippen LogP contribution in [0.3, 0.4) is 0 Å². The monoisotopic (exact) mass is 287 g/mol. The lowest BCUT2D eigenvalue weighted by Gasteiger charge is -2.10. The Kier molecular flexibility index (Phi) is 4.42. The first-order valence-electron chi connectivity index (χ1n) is 4.44. The number of halogens is 1. The molecule has 0 unspecified atom stereocenters. The Bertz CT molecular complexity index is 408. The van der Waals surface area contributed by atoms with Crippen LogP contribution in [0.1, 0.15) is 17.3 Å². The minimum absolute atomic E-state index is 0.269. The lowest BCUT2D eigenvalue weighted by molar-refractivity contribution is -0.149. The number of carbonyl (C=O) groups excluding carboxylic acids is 2. The Labute approximate surface area is 101 Å². The van der Waals surface area contributed by atoms with E-state index in [1.54, 1.807) is 12.3 Å².